The lowest BCUT2D eigenvalue weighted by molar-refractivity contribution is 0.136. The van der Waals surface area contributed by atoms with Crippen molar-refractivity contribution in [2.75, 3.05) is 19.7 Å². The summed E-state index contributed by atoms with van der Waals surface area (Å²) in [5.41, 5.74) is 1.94. The summed E-state index contributed by atoms with van der Waals surface area (Å²) >= 11 is 5.99. The van der Waals surface area contributed by atoms with Crippen molar-refractivity contribution in [3.05, 3.63) is 64.9 Å². The summed E-state index contributed by atoms with van der Waals surface area (Å²) in [4.78, 5) is 18.6. The van der Waals surface area contributed by atoms with Crippen LogP contribution < -0.4 is 5.32 Å². The summed E-state index contributed by atoms with van der Waals surface area (Å²) in [6.07, 6.45) is 5.11. The molecule has 0 bridgehead atoms. The van der Waals surface area contributed by atoms with Gasteiger partial charge in [-0.1, -0.05) is 23.7 Å². The van der Waals surface area contributed by atoms with Crippen molar-refractivity contribution in [2.45, 2.75) is 18.9 Å². The number of carbonyl (C=O) groups excluding carboxylic acids is 1. The molecule has 2 N–H and O–H groups in total. The molecule has 1 fully saturated rings. The van der Waals surface area contributed by atoms with Crippen molar-refractivity contribution in [2.24, 2.45) is 5.92 Å². The van der Waals surface area contributed by atoms with Crippen LogP contribution in [0.3, 0.4) is 0 Å². The second kappa shape index (κ2) is 8.32. The van der Waals surface area contributed by atoms with E-state index < -0.39 is 0 Å². The molecule has 25 heavy (non-hydrogen) atoms. The van der Waals surface area contributed by atoms with Crippen LogP contribution in [-0.4, -0.2) is 40.7 Å². The standard InChI is InChI=1S/C19H22ClN3O2/c20-17-3-1-15(2-4-17)18(16-5-9-21-10-6-16)22-19(25)23-11-7-14(13-24)8-12-23/h1-6,9-10,14,18,24H,7-8,11-13H2,(H,22,25)/t18-/m1/s1. The molecule has 2 aromatic rings. The van der Waals surface area contributed by atoms with Gasteiger partial charge < -0.3 is 15.3 Å². The fourth-order valence-electron chi connectivity index (χ4n) is 3.10. The van der Waals surface area contributed by atoms with Crippen LogP contribution in [-0.2, 0) is 0 Å². The largest absolute Gasteiger partial charge is 0.396 e. The van der Waals surface area contributed by atoms with E-state index in [0.717, 1.165) is 24.0 Å². The van der Waals surface area contributed by atoms with Gasteiger partial charge in [-0.3, -0.25) is 4.98 Å². The number of pyridine rings is 1. The fraction of sp³-hybridized carbons (Fsp3) is 0.368. The van der Waals surface area contributed by atoms with E-state index in [4.69, 9.17) is 11.6 Å². The number of hydrogen-bond donors (Lipinski definition) is 2. The van der Waals surface area contributed by atoms with Crippen LogP contribution in [0.1, 0.15) is 30.0 Å². The van der Waals surface area contributed by atoms with Gasteiger partial charge in [0.25, 0.3) is 0 Å². The second-order valence-corrected chi connectivity index (χ2v) is 6.76. The highest BCUT2D eigenvalue weighted by Gasteiger charge is 2.25. The number of piperidine rings is 1. The minimum atomic E-state index is -0.261. The first-order chi connectivity index (χ1) is 12.2. The normalized spacial score (nSPS) is 16.5. The minimum Gasteiger partial charge on any atom is -0.396 e. The molecular formula is C19H22ClN3O2. The minimum absolute atomic E-state index is 0.0897. The topological polar surface area (TPSA) is 65.5 Å². The molecule has 0 radical (unpaired) electrons. The Morgan fingerprint density at radius 2 is 1.76 bits per heavy atom. The van der Waals surface area contributed by atoms with Gasteiger partial charge >= 0.3 is 6.03 Å². The number of carbonyl (C=O) groups is 1. The molecule has 1 aliphatic heterocycles. The summed E-state index contributed by atoms with van der Waals surface area (Å²) in [6.45, 7) is 1.53. The fourth-order valence-corrected chi connectivity index (χ4v) is 3.23. The van der Waals surface area contributed by atoms with Gasteiger partial charge in [-0.05, 0) is 54.2 Å². The van der Waals surface area contributed by atoms with Crippen molar-refractivity contribution in [1.29, 1.82) is 0 Å². The van der Waals surface area contributed by atoms with Crippen molar-refractivity contribution >= 4 is 17.6 Å². The number of halogens is 1. The van der Waals surface area contributed by atoms with Gasteiger partial charge in [-0.15, -0.1) is 0 Å². The molecule has 2 amide bonds. The van der Waals surface area contributed by atoms with Crippen LogP contribution in [0.4, 0.5) is 4.79 Å². The van der Waals surface area contributed by atoms with E-state index in [1.54, 1.807) is 12.4 Å². The number of aromatic nitrogens is 1. The Labute approximate surface area is 152 Å². The number of nitrogens with zero attached hydrogens (tertiary/aromatic N) is 2. The van der Waals surface area contributed by atoms with Crippen molar-refractivity contribution in [3.8, 4) is 0 Å². The quantitative estimate of drug-likeness (QED) is 0.880. The first-order valence-corrected chi connectivity index (χ1v) is 8.87. The number of amides is 2. The third-order valence-corrected chi connectivity index (χ3v) is 4.92. The lowest BCUT2D eigenvalue weighted by Gasteiger charge is -2.32. The maximum atomic E-state index is 12.7. The molecule has 1 saturated heterocycles. The highest BCUT2D eigenvalue weighted by Crippen LogP contribution is 2.24. The number of hydrogen-bond acceptors (Lipinski definition) is 3. The highest BCUT2D eigenvalue weighted by molar-refractivity contribution is 6.30. The zero-order valence-electron chi connectivity index (χ0n) is 13.9. The predicted octanol–water partition coefficient (Wildman–Crippen LogP) is 3.24. The molecule has 1 atom stereocenters. The number of rotatable bonds is 4. The van der Waals surface area contributed by atoms with E-state index in [2.05, 4.69) is 10.3 Å². The number of benzene rings is 1. The number of urea groups is 1. The number of likely N-dealkylation sites (tertiary alicyclic amines) is 1. The monoisotopic (exact) mass is 359 g/mol. The molecule has 0 unspecified atom stereocenters. The first kappa shape index (κ1) is 17.7. The number of nitrogens with one attached hydrogen (secondary N) is 1. The van der Waals surface area contributed by atoms with E-state index in [1.165, 1.54) is 0 Å². The van der Waals surface area contributed by atoms with Crippen LogP contribution in [0.25, 0.3) is 0 Å². The van der Waals surface area contributed by atoms with Gasteiger partial charge in [-0.2, -0.15) is 0 Å². The Morgan fingerprint density at radius 3 is 2.36 bits per heavy atom. The Bertz CT molecular complexity index is 686. The van der Waals surface area contributed by atoms with Crippen molar-refractivity contribution < 1.29 is 9.90 Å². The highest BCUT2D eigenvalue weighted by atomic mass is 35.5. The second-order valence-electron chi connectivity index (χ2n) is 6.33. The van der Waals surface area contributed by atoms with Gasteiger partial charge in [0.05, 0.1) is 6.04 Å². The Hall–Kier alpha value is -2.11. The third-order valence-electron chi connectivity index (χ3n) is 4.67. The SMILES string of the molecule is O=C(N[C@@H](c1ccncc1)c1ccc(Cl)cc1)N1CCC(CO)CC1. The third kappa shape index (κ3) is 4.50. The van der Waals surface area contributed by atoms with E-state index in [1.807, 2.05) is 41.3 Å². The summed E-state index contributed by atoms with van der Waals surface area (Å²) in [7, 11) is 0. The first-order valence-electron chi connectivity index (χ1n) is 8.49. The summed E-state index contributed by atoms with van der Waals surface area (Å²) in [5, 5.41) is 13.0. The molecule has 0 saturated carbocycles. The van der Waals surface area contributed by atoms with Crippen LogP contribution in [0, 0.1) is 5.92 Å². The maximum Gasteiger partial charge on any atom is 0.318 e. The van der Waals surface area contributed by atoms with Crippen LogP contribution in [0.2, 0.25) is 5.02 Å². The summed E-state index contributed by atoms with van der Waals surface area (Å²) < 4.78 is 0. The van der Waals surface area contributed by atoms with Crippen LogP contribution in [0.15, 0.2) is 48.8 Å². The predicted molar refractivity (Wildman–Crippen MR) is 97.4 cm³/mol. The van der Waals surface area contributed by atoms with Gasteiger partial charge in [-0.25, -0.2) is 4.79 Å². The van der Waals surface area contributed by atoms with Gasteiger partial charge in [0.2, 0.25) is 0 Å². The lowest BCUT2D eigenvalue weighted by Crippen LogP contribution is -2.46. The van der Waals surface area contributed by atoms with Gasteiger partial charge in [0.15, 0.2) is 0 Å². The van der Waals surface area contributed by atoms with Crippen LogP contribution >= 0.6 is 11.6 Å². The lowest BCUT2D eigenvalue weighted by atomic mass is 9.97. The molecule has 2 heterocycles. The van der Waals surface area contributed by atoms with Gasteiger partial charge in [0.1, 0.15) is 0 Å². The molecule has 1 aromatic carbocycles. The molecular weight excluding hydrogens is 338 g/mol. The summed E-state index contributed by atoms with van der Waals surface area (Å²) in [5.74, 6) is 0.302. The van der Waals surface area contributed by atoms with E-state index in [9.17, 15) is 9.90 Å². The van der Waals surface area contributed by atoms with Crippen LogP contribution in [0.5, 0.6) is 0 Å². The molecule has 132 valence electrons. The molecule has 1 aliphatic rings. The Kier molecular flexibility index (Phi) is 5.89. The molecule has 5 nitrogen and oxygen atoms in total. The number of aliphatic hydroxyl groups excluding tert-OH is 1. The molecule has 0 spiro atoms. The average molecular weight is 360 g/mol. The molecule has 3 rings (SSSR count). The van der Waals surface area contributed by atoms with E-state index in [0.29, 0.717) is 24.0 Å². The molecule has 1 aromatic heterocycles. The van der Waals surface area contributed by atoms with Crippen molar-refractivity contribution in [3.63, 3.8) is 0 Å². The van der Waals surface area contributed by atoms with E-state index >= 15 is 0 Å². The van der Waals surface area contributed by atoms with Crippen molar-refractivity contribution in [1.82, 2.24) is 15.2 Å². The Balaban J connectivity index is 1.76. The molecule has 0 aliphatic carbocycles. The molecule has 6 heteroatoms. The number of aliphatic hydroxyl groups is 1. The smallest absolute Gasteiger partial charge is 0.318 e. The average Bonchev–Trinajstić information content (AvgIpc) is 2.67. The zero-order chi connectivity index (χ0) is 17.6. The van der Waals surface area contributed by atoms with E-state index in [-0.39, 0.29) is 18.7 Å². The Morgan fingerprint density at radius 1 is 1.16 bits per heavy atom. The summed E-state index contributed by atoms with van der Waals surface area (Å²) in [6, 6.07) is 10.9. The van der Waals surface area contributed by atoms with Gasteiger partial charge in [0, 0.05) is 37.1 Å². The zero-order valence-corrected chi connectivity index (χ0v) is 14.7. The maximum absolute atomic E-state index is 12.7.